The minimum atomic E-state index is 0.608. The number of nitrogen functional groups attached to an aromatic ring is 1. The van der Waals surface area contributed by atoms with E-state index in [1.165, 1.54) is 0 Å². The number of nitrogens with two attached hydrogens (primary N) is 1. The SMILES string of the molecule is Cc1nc(CC(C)C)n2cc(N)ccc12. The van der Waals surface area contributed by atoms with Crippen molar-refractivity contribution in [1.29, 1.82) is 0 Å². The monoisotopic (exact) mass is 203 g/mol. The van der Waals surface area contributed by atoms with E-state index in [0.717, 1.165) is 29.1 Å². The van der Waals surface area contributed by atoms with Crippen molar-refractivity contribution in [3.05, 3.63) is 29.8 Å². The maximum Gasteiger partial charge on any atom is 0.113 e. The van der Waals surface area contributed by atoms with Crippen molar-refractivity contribution in [2.24, 2.45) is 5.92 Å². The van der Waals surface area contributed by atoms with Gasteiger partial charge in [0.05, 0.1) is 11.2 Å². The smallest absolute Gasteiger partial charge is 0.113 e. The molecule has 2 aromatic heterocycles. The molecule has 0 amide bonds. The summed E-state index contributed by atoms with van der Waals surface area (Å²) in [5.41, 5.74) is 8.79. The molecule has 0 fully saturated rings. The largest absolute Gasteiger partial charge is 0.398 e. The van der Waals surface area contributed by atoms with E-state index in [1.54, 1.807) is 0 Å². The van der Waals surface area contributed by atoms with Crippen molar-refractivity contribution < 1.29 is 0 Å². The molecule has 3 heteroatoms. The fraction of sp³-hybridized carbons (Fsp3) is 0.417. The Hall–Kier alpha value is -1.51. The van der Waals surface area contributed by atoms with Gasteiger partial charge < -0.3 is 10.1 Å². The molecule has 0 aliphatic rings. The molecule has 0 spiro atoms. The molecule has 0 unspecified atom stereocenters. The van der Waals surface area contributed by atoms with Crippen LogP contribution in [0.2, 0.25) is 0 Å². The summed E-state index contributed by atoms with van der Waals surface area (Å²) >= 11 is 0. The first-order valence-electron chi connectivity index (χ1n) is 5.31. The topological polar surface area (TPSA) is 43.3 Å². The van der Waals surface area contributed by atoms with Crippen molar-refractivity contribution in [3.63, 3.8) is 0 Å². The molecule has 0 bridgehead atoms. The van der Waals surface area contributed by atoms with Crippen LogP contribution in [0.25, 0.3) is 5.52 Å². The Labute approximate surface area is 89.9 Å². The number of hydrogen-bond donors (Lipinski definition) is 1. The van der Waals surface area contributed by atoms with Gasteiger partial charge in [0.15, 0.2) is 0 Å². The highest BCUT2D eigenvalue weighted by Gasteiger charge is 2.09. The van der Waals surface area contributed by atoms with Gasteiger partial charge in [-0.15, -0.1) is 0 Å². The fourth-order valence-corrected chi connectivity index (χ4v) is 1.84. The van der Waals surface area contributed by atoms with Gasteiger partial charge in [0.1, 0.15) is 5.82 Å². The second-order valence-electron chi connectivity index (χ2n) is 4.43. The van der Waals surface area contributed by atoms with Crippen molar-refractivity contribution in [2.45, 2.75) is 27.2 Å². The molecule has 0 radical (unpaired) electrons. The summed E-state index contributed by atoms with van der Waals surface area (Å²) in [5.74, 6) is 1.71. The van der Waals surface area contributed by atoms with E-state index < -0.39 is 0 Å². The Bertz CT molecular complexity index is 483. The molecule has 0 atom stereocenters. The van der Waals surface area contributed by atoms with Gasteiger partial charge in [-0.2, -0.15) is 0 Å². The zero-order chi connectivity index (χ0) is 11.0. The first kappa shape index (κ1) is 10.0. The van der Waals surface area contributed by atoms with Gasteiger partial charge in [-0.3, -0.25) is 0 Å². The van der Waals surface area contributed by atoms with Crippen molar-refractivity contribution in [1.82, 2.24) is 9.38 Å². The van der Waals surface area contributed by atoms with E-state index in [2.05, 4.69) is 23.2 Å². The third-order valence-corrected chi connectivity index (χ3v) is 2.51. The number of aryl methyl sites for hydroxylation is 1. The standard InChI is InChI=1S/C12H17N3/c1-8(2)6-12-14-9(3)11-5-4-10(13)7-15(11)12/h4-5,7-8H,6,13H2,1-3H3. The molecule has 3 nitrogen and oxygen atoms in total. The summed E-state index contributed by atoms with van der Waals surface area (Å²) < 4.78 is 2.10. The molecular weight excluding hydrogens is 186 g/mol. The molecule has 2 heterocycles. The first-order chi connectivity index (χ1) is 7.08. The summed E-state index contributed by atoms with van der Waals surface area (Å²) in [6.07, 6.45) is 2.94. The van der Waals surface area contributed by atoms with E-state index in [0.29, 0.717) is 5.92 Å². The number of hydrogen-bond acceptors (Lipinski definition) is 2. The Morgan fingerprint density at radius 2 is 2.13 bits per heavy atom. The van der Waals surface area contributed by atoms with E-state index in [-0.39, 0.29) is 0 Å². The van der Waals surface area contributed by atoms with Gasteiger partial charge in [0.25, 0.3) is 0 Å². The summed E-state index contributed by atoms with van der Waals surface area (Å²) in [6, 6.07) is 3.95. The van der Waals surface area contributed by atoms with E-state index in [9.17, 15) is 0 Å². The maximum absolute atomic E-state index is 5.78. The van der Waals surface area contributed by atoms with Crippen LogP contribution in [0.4, 0.5) is 5.69 Å². The molecule has 0 aliphatic carbocycles. The first-order valence-corrected chi connectivity index (χ1v) is 5.31. The molecule has 2 N–H and O–H groups in total. The van der Waals surface area contributed by atoms with Crippen LogP contribution < -0.4 is 5.73 Å². The van der Waals surface area contributed by atoms with Crippen LogP contribution in [0, 0.1) is 12.8 Å². The van der Waals surface area contributed by atoms with Crippen molar-refractivity contribution in [3.8, 4) is 0 Å². The minimum Gasteiger partial charge on any atom is -0.398 e. The van der Waals surface area contributed by atoms with Gasteiger partial charge >= 0.3 is 0 Å². The average molecular weight is 203 g/mol. The van der Waals surface area contributed by atoms with E-state index in [1.807, 2.05) is 25.3 Å². The van der Waals surface area contributed by atoms with Gasteiger partial charge in [-0.05, 0) is 25.0 Å². The molecule has 2 rings (SSSR count). The van der Waals surface area contributed by atoms with Crippen LogP contribution in [-0.2, 0) is 6.42 Å². The zero-order valence-corrected chi connectivity index (χ0v) is 9.49. The zero-order valence-electron chi connectivity index (χ0n) is 9.49. The molecule has 0 saturated carbocycles. The van der Waals surface area contributed by atoms with Crippen LogP contribution in [0.1, 0.15) is 25.4 Å². The van der Waals surface area contributed by atoms with Crippen LogP contribution in [-0.4, -0.2) is 9.38 Å². The number of fused-ring (bicyclic) bond motifs is 1. The predicted octanol–water partition coefficient (Wildman–Crippen LogP) is 2.42. The molecule has 80 valence electrons. The lowest BCUT2D eigenvalue weighted by Gasteiger charge is -2.04. The second-order valence-corrected chi connectivity index (χ2v) is 4.43. The van der Waals surface area contributed by atoms with Crippen LogP contribution in [0.15, 0.2) is 18.3 Å². The second kappa shape index (κ2) is 3.57. The molecule has 2 aromatic rings. The third-order valence-electron chi connectivity index (χ3n) is 2.51. The van der Waals surface area contributed by atoms with Gasteiger partial charge in [0, 0.05) is 18.3 Å². The Morgan fingerprint density at radius 3 is 2.80 bits per heavy atom. The average Bonchev–Trinajstić information content (AvgIpc) is 2.42. The summed E-state index contributed by atoms with van der Waals surface area (Å²) in [4.78, 5) is 4.58. The van der Waals surface area contributed by atoms with E-state index >= 15 is 0 Å². The lowest BCUT2D eigenvalue weighted by molar-refractivity contribution is 0.618. The van der Waals surface area contributed by atoms with Crippen LogP contribution in [0.3, 0.4) is 0 Å². The van der Waals surface area contributed by atoms with Gasteiger partial charge in [-0.25, -0.2) is 4.98 Å². The predicted molar refractivity (Wildman–Crippen MR) is 62.9 cm³/mol. The number of rotatable bonds is 2. The summed E-state index contributed by atoms with van der Waals surface area (Å²) in [5, 5.41) is 0. The fourth-order valence-electron chi connectivity index (χ4n) is 1.84. The highest BCUT2D eigenvalue weighted by atomic mass is 15.0. The van der Waals surface area contributed by atoms with Crippen LogP contribution in [0.5, 0.6) is 0 Å². The molecular formula is C12H17N3. The van der Waals surface area contributed by atoms with E-state index in [4.69, 9.17) is 5.73 Å². The lowest BCUT2D eigenvalue weighted by atomic mass is 10.1. The Balaban J connectivity index is 2.59. The quantitative estimate of drug-likeness (QED) is 0.814. The third kappa shape index (κ3) is 1.82. The normalized spacial score (nSPS) is 11.5. The highest BCUT2D eigenvalue weighted by molar-refractivity contribution is 5.56. The highest BCUT2D eigenvalue weighted by Crippen LogP contribution is 2.17. The lowest BCUT2D eigenvalue weighted by Crippen LogP contribution is -2.01. The number of imidazole rings is 1. The number of anilines is 1. The number of pyridine rings is 1. The Morgan fingerprint density at radius 1 is 1.40 bits per heavy atom. The molecule has 15 heavy (non-hydrogen) atoms. The van der Waals surface area contributed by atoms with Gasteiger partial charge in [-0.1, -0.05) is 13.8 Å². The number of nitrogens with zero attached hydrogens (tertiary/aromatic N) is 2. The number of aromatic nitrogens is 2. The summed E-state index contributed by atoms with van der Waals surface area (Å²) in [7, 11) is 0. The Kier molecular flexibility index (Phi) is 2.39. The molecule has 0 saturated heterocycles. The maximum atomic E-state index is 5.78. The molecule has 0 aliphatic heterocycles. The van der Waals surface area contributed by atoms with Crippen molar-refractivity contribution >= 4 is 11.2 Å². The minimum absolute atomic E-state index is 0.608. The van der Waals surface area contributed by atoms with Gasteiger partial charge in [0.2, 0.25) is 0 Å². The molecule has 0 aromatic carbocycles. The summed E-state index contributed by atoms with van der Waals surface area (Å²) in [6.45, 7) is 6.43. The van der Waals surface area contributed by atoms with Crippen molar-refractivity contribution in [2.75, 3.05) is 5.73 Å². The van der Waals surface area contributed by atoms with Crippen LogP contribution >= 0.6 is 0 Å².